The molecule has 1 aromatic rings. The van der Waals surface area contributed by atoms with Gasteiger partial charge in [0, 0.05) is 18.5 Å². The Bertz CT molecular complexity index is 693. The second kappa shape index (κ2) is 6.86. The van der Waals surface area contributed by atoms with E-state index >= 15 is 0 Å². The Balaban J connectivity index is 2.17. The molecule has 136 valence electrons. The van der Waals surface area contributed by atoms with Crippen molar-refractivity contribution in [2.75, 3.05) is 13.1 Å². The molecule has 1 heterocycles. The smallest absolute Gasteiger partial charge is 0.339 e. The molecule has 1 aliphatic heterocycles. The van der Waals surface area contributed by atoms with E-state index in [1.54, 1.807) is 26.0 Å². The molecule has 1 aromatic carbocycles. The van der Waals surface area contributed by atoms with E-state index in [0.29, 0.717) is 18.5 Å². The van der Waals surface area contributed by atoms with E-state index in [1.165, 1.54) is 4.90 Å². The Morgan fingerprint density at radius 1 is 1.28 bits per heavy atom. The minimum absolute atomic E-state index is 0.0681. The highest BCUT2D eigenvalue weighted by Gasteiger charge is 2.44. The number of carbonyl (C=O) groups is 3. The third-order valence-electron chi connectivity index (χ3n) is 4.05. The summed E-state index contributed by atoms with van der Waals surface area (Å²) in [4.78, 5) is 38.8. The fourth-order valence-corrected chi connectivity index (χ4v) is 2.94. The predicted molar refractivity (Wildman–Crippen MR) is 94.1 cm³/mol. The molecular weight excluding hydrogens is 320 g/mol. The number of fused-ring (bicyclic) bond motifs is 1. The summed E-state index contributed by atoms with van der Waals surface area (Å²) in [6.07, 6.45) is 0.297. The van der Waals surface area contributed by atoms with E-state index in [1.807, 2.05) is 32.9 Å². The number of hydrogen-bond donors (Lipinski definition) is 1. The largest absolute Gasteiger partial charge is 0.445 e. The summed E-state index contributed by atoms with van der Waals surface area (Å²) in [5, 5.41) is 2.84. The number of ether oxygens (including phenoxy) is 1. The zero-order chi connectivity index (χ0) is 18.8. The van der Waals surface area contributed by atoms with Crippen LogP contribution in [-0.2, 0) is 20.7 Å². The lowest BCUT2D eigenvalue weighted by atomic mass is 9.89. The van der Waals surface area contributed by atoms with E-state index in [9.17, 15) is 14.4 Å². The Morgan fingerprint density at radius 2 is 1.92 bits per heavy atom. The topological polar surface area (TPSA) is 75.7 Å². The Morgan fingerprint density at radius 3 is 2.52 bits per heavy atom. The molecule has 0 bridgehead atoms. The van der Waals surface area contributed by atoms with E-state index in [4.69, 9.17) is 4.74 Å². The minimum atomic E-state index is -1.30. The van der Waals surface area contributed by atoms with E-state index < -0.39 is 11.6 Å². The first kappa shape index (κ1) is 19.0. The average Bonchev–Trinajstić information content (AvgIpc) is 2.50. The van der Waals surface area contributed by atoms with E-state index in [-0.39, 0.29) is 23.9 Å². The molecule has 25 heavy (non-hydrogen) atoms. The monoisotopic (exact) mass is 346 g/mol. The summed E-state index contributed by atoms with van der Waals surface area (Å²) in [6.45, 7) is 9.32. The predicted octanol–water partition coefficient (Wildman–Crippen LogP) is 1.92. The number of nitrogens with zero attached hydrogens (tertiary/aromatic N) is 1. The van der Waals surface area contributed by atoms with Gasteiger partial charge in [-0.25, -0.2) is 4.79 Å². The summed E-state index contributed by atoms with van der Waals surface area (Å²) in [6, 6.07) is 7.11. The maximum Gasteiger partial charge on any atom is 0.339 e. The van der Waals surface area contributed by atoms with Crippen LogP contribution in [0.1, 0.15) is 50.5 Å². The van der Waals surface area contributed by atoms with Crippen LogP contribution >= 0.6 is 0 Å². The number of rotatable bonds is 4. The van der Waals surface area contributed by atoms with Crippen molar-refractivity contribution in [2.45, 2.75) is 52.2 Å². The molecule has 0 aliphatic carbocycles. The molecule has 1 unspecified atom stereocenters. The fraction of sp³-hybridized carbons (Fsp3) is 0.526. The molecule has 0 saturated carbocycles. The summed E-state index contributed by atoms with van der Waals surface area (Å²) in [5.74, 6) is -1.11. The summed E-state index contributed by atoms with van der Waals surface area (Å²) < 4.78 is 5.47. The number of carbonyl (C=O) groups excluding carboxylic acids is 3. The molecule has 1 atom stereocenters. The van der Waals surface area contributed by atoms with Crippen LogP contribution in [0.2, 0.25) is 0 Å². The van der Waals surface area contributed by atoms with Gasteiger partial charge in [0.2, 0.25) is 5.91 Å². The molecule has 0 aromatic heterocycles. The first-order valence-electron chi connectivity index (χ1n) is 8.47. The van der Waals surface area contributed by atoms with Crippen LogP contribution in [-0.4, -0.2) is 46.9 Å². The van der Waals surface area contributed by atoms with Crippen LogP contribution in [0.5, 0.6) is 0 Å². The quantitative estimate of drug-likeness (QED) is 0.845. The van der Waals surface area contributed by atoms with Gasteiger partial charge in [0.15, 0.2) is 5.60 Å². The van der Waals surface area contributed by atoms with Gasteiger partial charge >= 0.3 is 5.97 Å². The normalized spacial score (nSPS) is 19.6. The molecule has 6 nitrogen and oxygen atoms in total. The van der Waals surface area contributed by atoms with Crippen molar-refractivity contribution in [3.63, 3.8) is 0 Å². The van der Waals surface area contributed by atoms with Crippen LogP contribution < -0.4 is 5.32 Å². The van der Waals surface area contributed by atoms with Crippen molar-refractivity contribution < 1.29 is 19.1 Å². The zero-order valence-electron chi connectivity index (χ0n) is 15.5. The number of nitrogens with one attached hydrogen (secondary N) is 1. The van der Waals surface area contributed by atoms with Crippen molar-refractivity contribution >= 4 is 17.8 Å². The SMILES string of the molecule is CCN(CC(=O)NC(C)(C)C)C(=O)C1(C)Cc2ccccc2C(=O)O1. The highest BCUT2D eigenvalue weighted by molar-refractivity contribution is 5.98. The van der Waals surface area contributed by atoms with Gasteiger partial charge in [0.05, 0.1) is 12.1 Å². The van der Waals surface area contributed by atoms with Gasteiger partial charge in [-0.2, -0.15) is 0 Å². The van der Waals surface area contributed by atoms with Gasteiger partial charge in [-0.3, -0.25) is 9.59 Å². The average molecular weight is 346 g/mol. The van der Waals surface area contributed by atoms with Crippen molar-refractivity contribution in [3.05, 3.63) is 35.4 Å². The third-order valence-corrected chi connectivity index (χ3v) is 4.05. The fourth-order valence-electron chi connectivity index (χ4n) is 2.94. The molecule has 1 N–H and O–H groups in total. The second-order valence-corrected chi connectivity index (χ2v) is 7.57. The van der Waals surface area contributed by atoms with Gasteiger partial charge in [-0.05, 0) is 46.2 Å². The van der Waals surface area contributed by atoms with Crippen molar-refractivity contribution in [2.24, 2.45) is 0 Å². The molecule has 0 radical (unpaired) electrons. The Labute approximate surface area is 148 Å². The molecular formula is C19H26N2O4. The molecule has 1 aliphatic rings. The molecule has 2 amide bonds. The summed E-state index contributed by atoms with van der Waals surface area (Å²) in [7, 11) is 0. The third kappa shape index (κ3) is 4.38. The van der Waals surface area contributed by atoms with Crippen LogP contribution in [0, 0.1) is 0 Å². The summed E-state index contributed by atoms with van der Waals surface area (Å²) in [5.41, 5.74) is -0.408. The maximum absolute atomic E-state index is 13.0. The molecule has 2 rings (SSSR count). The first-order valence-corrected chi connectivity index (χ1v) is 8.47. The van der Waals surface area contributed by atoms with Gasteiger partial charge < -0.3 is 15.0 Å². The lowest BCUT2D eigenvalue weighted by Crippen LogP contribution is -2.56. The maximum atomic E-state index is 13.0. The number of benzene rings is 1. The highest BCUT2D eigenvalue weighted by atomic mass is 16.6. The van der Waals surface area contributed by atoms with Gasteiger partial charge in [0.25, 0.3) is 5.91 Å². The van der Waals surface area contributed by atoms with E-state index in [0.717, 1.165) is 5.56 Å². The standard InChI is InChI=1S/C19H26N2O4/c1-6-21(12-15(22)20-18(2,3)4)17(24)19(5)11-13-9-7-8-10-14(13)16(23)25-19/h7-10H,6,11-12H2,1-5H3,(H,20,22). The van der Waals surface area contributed by atoms with E-state index in [2.05, 4.69) is 5.32 Å². The minimum Gasteiger partial charge on any atom is -0.445 e. The van der Waals surface area contributed by atoms with Gasteiger partial charge in [-0.15, -0.1) is 0 Å². The number of esters is 1. The lowest BCUT2D eigenvalue weighted by molar-refractivity contribution is -0.153. The molecule has 0 saturated heterocycles. The molecule has 0 fully saturated rings. The van der Waals surface area contributed by atoms with Crippen LogP contribution in [0.25, 0.3) is 0 Å². The van der Waals surface area contributed by atoms with Gasteiger partial charge in [-0.1, -0.05) is 18.2 Å². The molecule has 0 spiro atoms. The molecule has 6 heteroatoms. The lowest BCUT2D eigenvalue weighted by Gasteiger charge is -2.37. The number of hydrogen-bond acceptors (Lipinski definition) is 4. The second-order valence-electron chi connectivity index (χ2n) is 7.57. The Kier molecular flexibility index (Phi) is 5.20. The van der Waals surface area contributed by atoms with Crippen molar-refractivity contribution in [3.8, 4) is 0 Å². The number of likely N-dealkylation sites (N-methyl/N-ethyl adjacent to an activating group) is 1. The summed E-state index contributed by atoms with van der Waals surface area (Å²) >= 11 is 0. The Hall–Kier alpha value is -2.37. The van der Waals surface area contributed by atoms with Crippen LogP contribution in [0.4, 0.5) is 0 Å². The highest BCUT2D eigenvalue weighted by Crippen LogP contribution is 2.29. The van der Waals surface area contributed by atoms with Crippen LogP contribution in [0.15, 0.2) is 24.3 Å². The van der Waals surface area contributed by atoms with Crippen molar-refractivity contribution in [1.29, 1.82) is 0 Å². The number of cyclic esters (lactones) is 1. The first-order chi connectivity index (χ1) is 11.6. The van der Waals surface area contributed by atoms with Crippen molar-refractivity contribution in [1.82, 2.24) is 10.2 Å². The number of amides is 2. The van der Waals surface area contributed by atoms with Crippen LogP contribution in [0.3, 0.4) is 0 Å². The zero-order valence-corrected chi connectivity index (χ0v) is 15.5. The van der Waals surface area contributed by atoms with Gasteiger partial charge in [0.1, 0.15) is 0 Å².